The smallest absolute Gasteiger partial charge is 0.0876 e. The maximum Gasteiger partial charge on any atom is 0.0876 e. The Bertz CT molecular complexity index is 546. The highest BCUT2D eigenvalue weighted by atomic mass is 79.9. The summed E-state index contributed by atoms with van der Waals surface area (Å²) in [5.74, 6) is 0. The third-order valence-corrected chi connectivity index (χ3v) is 3.91. The van der Waals surface area contributed by atoms with Crippen LogP contribution in [0.5, 0.6) is 0 Å². The third-order valence-electron chi connectivity index (χ3n) is 3.00. The molecule has 0 saturated heterocycles. The van der Waals surface area contributed by atoms with E-state index in [1.54, 1.807) is 10.9 Å². The summed E-state index contributed by atoms with van der Waals surface area (Å²) in [6.07, 6.45) is 4.36. The van der Waals surface area contributed by atoms with E-state index in [0.717, 1.165) is 27.8 Å². The van der Waals surface area contributed by atoms with Crippen LogP contribution in [0.2, 0.25) is 0 Å². The van der Waals surface area contributed by atoms with Gasteiger partial charge < -0.3 is 5.11 Å². The number of aliphatic hydroxyl groups is 1. The molecule has 0 saturated carbocycles. The van der Waals surface area contributed by atoms with Crippen molar-refractivity contribution >= 4 is 15.9 Å². The Morgan fingerprint density at radius 3 is 2.67 bits per heavy atom. The lowest BCUT2D eigenvalue weighted by Crippen LogP contribution is -2.06. The fourth-order valence-electron chi connectivity index (χ4n) is 1.95. The molecule has 0 aliphatic rings. The Morgan fingerprint density at radius 2 is 2.17 bits per heavy atom. The Kier molecular flexibility index (Phi) is 3.87. The maximum absolute atomic E-state index is 10.2. The molecule has 5 nitrogen and oxygen atoms in total. The molecular weight excluding hydrogens is 296 g/mol. The van der Waals surface area contributed by atoms with Gasteiger partial charge in [-0.25, -0.2) is 0 Å². The molecule has 0 amide bonds. The number of aliphatic hydroxyl groups excluding tert-OH is 1. The first-order valence-corrected chi connectivity index (χ1v) is 6.69. The van der Waals surface area contributed by atoms with Crippen LogP contribution in [0.4, 0.5) is 0 Å². The van der Waals surface area contributed by atoms with Gasteiger partial charge in [-0.3, -0.25) is 9.36 Å². The minimum absolute atomic E-state index is 0.524. The molecule has 1 N–H and O–H groups in total. The van der Waals surface area contributed by atoms with E-state index >= 15 is 0 Å². The molecule has 1 atom stereocenters. The van der Waals surface area contributed by atoms with Crippen molar-refractivity contribution in [2.24, 2.45) is 14.1 Å². The van der Waals surface area contributed by atoms with Crippen molar-refractivity contribution in [3.05, 3.63) is 33.8 Å². The Balaban J connectivity index is 2.21. The summed E-state index contributed by atoms with van der Waals surface area (Å²) in [6, 6.07) is 0. The van der Waals surface area contributed by atoms with Crippen molar-refractivity contribution in [1.29, 1.82) is 0 Å². The number of halogens is 1. The largest absolute Gasteiger partial charge is 0.388 e. The van der Waals surface area contributed by atoms with E-state index < -0.39 is 6.10 Å². The van der Waals surface area contributed by atoms with Crippen molar-refractivity contribution < 1.29 is 5.11 Å². The number of aromatic nitrogens is 4. The summed E-state index contributed by atoms with van der Waals surface area (Å²) in [5, 5.41) is 18.7. The van der Waals surface area contributed by atoms with Gasteiger partial charge in [-0.2, -0.15) is 10.2 Å². The highest BCUT2D eigenvalue weighted by Crippen LogP contribution is 2.26. The summed E-state index contributed by atoms with van der Waals surface area (Å²) in [7, 11) is 3.74. The van der Waals surface area contributed by atoms with Crippen LogP contribution in [0.15, 0.2) is 16.9 Å². The SMILES string of the molecule is CCc1nn(C)c(CC(O)c2cnn(C)c2)c1Br. The number of aryl methyl sites for hydroxylation is 3. The number of hydrogen-bond acceptors (Lipinski definition) is 3. The Labute approximate surface area is 115 Å². The lowest BCUT2D eigenvalue weighted by molar-refractivity contribution is 0.175. The van der Waals surface area contributed by atoms with Crippen LogP contribution < -0.4 is 0 Å². The van der Waals surface area contributed by atoms with E-state index in [-0.39, 0.29) is 0 Å². The van der Waals surface area contributed by atoms with Gasteiger partial charge in [0.2, 0.25) is 0 Å². The molecule has 0 radical (unpaired) electrons. The molecule has 0 bridgehead atoms. The third kappa shape index (κ3) is 2.49. The van der Waals surface area contributed by atoms with Crippen molar-refractivity contribution in [2.75, 3.05) is 0 Å². The summed E-state index contributed by atoms with van der Waals surface area (Å²) < 4.78 is 4.51. The van der Waals surface area contributed by atoms with Crippen LogP contribution in [0.25, 0.3) is 0 Å². The molecule has 18 heavy (non-hydrogen) atoms. The molecule has 2 heterocycles. The van der Waals surface area contributed by atoms with Gasteiger partial charge in [0.05, 0.1) is 28.2 Å². The minimum atomic E-state index is -0.560. The Morgan fingerprint density at radius 1 is 1.44 bits per heavy atom. The topological polar surface area (TPSA) is 55.9 Å². The molecule has 2 aromatic heterocycles. The van der Waals surface area contributed by atoms with Crippen LogP contribution >= 0.6 is 15.9 Å². The first kappa shape index (κ1) is 13.3. The minimum Gasteiger partial charge on any atom is -0.388 e. The van der Waals surface area contributed by atoms with Gasteiger partial charge in [-0.15, -0.1) is 0 Å². The molecular formula is C12H17BrN4O. The second-order valence-corrected chi connectivity index (χ2v) is 5.14. The summed E-state index contributed by atoms with van der Waals surface area (Å²) >= 11 is 3.55. The zero-order valence-electron chi connectivity index (χ0n) is 10.8. The summed E-state index contributed by atoms with van der Waals surface area (Å²) in [5.41, 5.74) is 2.85. The Hall–Kier alpha value is -1.14. The van der Waals surface area contributed by atoms with Crippen molar-refractivity contribution in [2.45, 2.75) is 25.9 Å². The lowest BCUT2D eigenvalue weighted by Gasteiger charge is -2.09. The molecule has 0 aromatic carbocycles. The van der Waals surface area contributed by atoms with Crippen LogP contribution in [0.1, 0.15) is 30.0 Å². The van der Waals surface area contributed by atoms with Crippen molar-refractivity contribution in [1.82, 2.24) is 19.6 Å². The van der Waals surface area contributed by atoms with Gasteiger partial charge >= 0.3 is 0 Å². The highest BCUT2D eigenvalue weighted by Gasteiger charge is 2.18. The van der Waals surface area contributed by atoms with Crippen LogP contribution in [-0.2, 0) is 26.9 Å². The molecule has 98 valence electrons. The molecule has 1 unspecified atom stereocenters. The van der Waals surface area contributed by atoms with Gasteiger partial charge in [0.25, 0.3) is 0 Å². The van der Waals surface area contributed by atoms with E-state index in [9.17, 15) is 5.11 Å². The highest BCUT2D eigenvalue weighted by molar-refractivity contribution is 9.10. The van der Waals surface area contributed by atoms with Crippen LogP contribution in [0.3, 0.4) is 0 Å². The second kappa shape index (κ2) is 5.24. The van der Waals surface area contributed by atoms with Crippen LogP contribution in [-0.4, -0.2) is 24.7 Å². The normalized spacial score (nSPS) is 12.9. The molecule has 0 fully saturated rings. The number of nitrogens with zero attached hydrogens (tertiary/aromatic N) is 4. The average Bonchev–Trinajstić information content (AvgIpc) is 2.87. The predicted octanol–water partition coefficient (Wildman–Crippen LogP) is 1.75. The monoisotopic (exact) mass is 312 g/mol. The second-order valence-electron chi connectivity index (χ2n) is 4.35. The van der Waals surface area contributed by atoms with Gasteiger partial charge in [0, 0.05) is 32.3 Å². The molecule has 6 heteroatoms. The van der Waals surface area contributed by atoms with Crippen molar-refractivity contribution in [3.63, 3.8) is 0 Å². The molecule has 2 rings (SSSR count). The maximum atomic E-state index is 10.2. The standard InChI is InChI=1S/C12H17BrN4O/c1-4-9-12(13)10(17(3)15-9)5-11(18)8-6-14-16(2)7-8/h6-7,11,18H,4-5H2,1-3H3. The molecule has 0 spiro atoms. The van der Waals surface area contributed by atoms with Gasteiger partial charge in [0.15, 0.2) is 0 Å². The average molecular weight is 313 g/mol. The summed E-state index contributed by atoms with van der Waals surface area (Å²) in [6.45, 7) is 2.06. The van der Waals surface area contributed by atoms with Gasteiger partial charge in [-0.05, 0) is 22.4 Å². The quantitative estimate of drug-likeness (QED) is 0.936. The fraction of sp³-hybridized carbons (Fsp3) is 0.500. The van der Waals surface area contributed by atoms with Gasteiger partial charge in [-0.1, -0.05) is 6.92 Å². The number of rotatable bonds is 4. The van der Waals surface area contributed by atoms with E-state index in [0.29, 0.717) is 6.42 Å². The van der Waals surface area contributed by atoms with E-state index in [1.807, 2.05) is 25.0 Å². The zero-order valence-corrected chi connectivity index (χ0v) is 12.3. The fourth-order valence-corrected chi connectivity index (χ4v) is 2.73. The van der Waals surface area contributed by atoms with Crippen molar-refractivity contribution in [3.8, 4) is 0 Å². The molecule has 2 aromatic rings. The van der Waals surface area contributed by atoms with E-state index in [1.165, 1.54) is 0 Å². The zero-order chi connectivity index (χ0) is 13.3. The van der Waals surface area contributed by atoms with Crippen LogP contribution in [0, 0.1) is 0 Å². The molecule has 0 aliphatic heterocycles. The first-order chi connectivity index (χ1) is 8.52. The van der Waals surface area contributed by atoms with E-state index in [4.69, 9.17) is 0 Å². The van der Waals surface area contributed by atoms with E-state index in [2.05, 4.69) is 33.1 Å². The number of hydrogen-bond donors (Lipinski definition) is 1. The predicted molar refractivity (Wildman–Crippen MR) is 72.2 cm³/mol. The molecule has 0 aliphatic carbocycles. The summed E-state index contributed by atoms with van der Waals surface area (Å²) in [4.78, 5) is 0. The lowest BCUT2D eigenvalue weighted by atomic mass is 10.1. The van der Waals surface area contributed by atoms with Gasteiger partial charge in [0.1, 0.15) is 0 Å². The first-order valence-electron chi connectivity index (χ1n) is 5.89.